The van der Waals surface area contributed by atoms with Crippen molar-refractivity contribution in [1.82, 2.24) is 10.2 Å². The molecule has 2 amide bonds. The Kier molecular flexibility index (Phi) is 2.52. The number of carbonyl (C=O) groups excluding carboxylic acids is 1. The summed E-state index contributed by atoms with van der Waals surface area (Å²) in [5.41, 5.74) is -0.936. The molecule has 84 valence electrons. The summed E-state index contributed by atoms with van der Waals surface area (Å²) in [6, 6.07) is 0. The van der Waals surface area contributed by atoms with Crippen molar-refractivity contribution in [2.75, 3.05) is 26.2 Å². The lowest BCUT2D eigenvalue weighted by molar-refractivity contribution is -0.162. The van der Waals surface area contributed by atoms with E-state index in [4.69, 9.17) is 9.84 Å². The van der Waals surface area contributed by atoms with Crippen LogP contribution in [0.1, 0.15) is 12.8 Å². The third-order valence-corrected chi connectivity index (χ3v) is 2.91. The van der Waals surface area contributed by atoms with Crippen molar-refractivity contribution in [1.29, 1.82) is 0 Å². The minimum absolute atomic E-state index is 0.147. The minimum Gasteiger partial charge on any atom is -0.465 e. The van der Waals surface area contributed by atoms with E-state index >= 15 is 0 Å². The quantitative estimate of drug-likeness (QED) is 0.577. The number of morpholine rings is 1. The Bertz CT molecular complexity index is 290. The van der Waals surface area contributed by atoms with Crippen molar-refractivity contribution in [3.05, 3.63) is 0 Å². The van der Waals surface area contributed by atoms with Crippen molar-refractivity contribution >= 4 is 12.0 Å². The second kappa shape index (κ2) is 3.69. The van der Waals surface area contributed by atoms with Crippen LogP contribution in [-0.4, -0.2) is 53.8 Å². The van der Waals surface area contributed by atoms with E-state index in [2.05, 4.69) is 5.32 Å². The fourth-order valence-electron chi connectivity index (χ4n) is 2.13. The Morgan fingerprint density at radius 1 is 1.60 bits per heavy atom. The molecule has 2 heterocycles. The molecule has 6 nitrogen and oxygen atoms in total. The summed E-state index contributed by atoms with van der Waals surface area (Å²) in [6.45, 7) is 1.59. The summed E-state index contributed by atoms with van der Waals surface area (Å²) in [5, 5.41) is 11.6. The molecule has 2 saturated heterocycles. The topological polar surface area (TPSA) is 78.9 Å². The van der Waals surface area contributed by atoms with E-state index in [0.29, 0.717) is 32.5 Å². The highest BCUT2D eigenvalue weighted by Gasteiger charge is 2.46. The third-order valence-electron chi connectivity index (χ3n) is 2.91. The van der Waals surface area contributed by atoms with Gasteiger partial charge in [-0.15, -0.1) is 0 Å². The summed E-state index contributed by atoms with van der Waals surface area (Å²) in [4.78, 5) is 23.8. The van der Waals surface area contributed by atoms with E-state index in [0.717, 1.165) is 0 Å². The fourth-order valence-corrected chi connectivity index (χ4v) is 2.13. The minimum atomic E-state index is -0.990. The molecule has 2 fully saturated rings. The number of nitrogens with one attached hydrogen (secondary N) is 1. The highest BCUT2D eigenvalue weighted by molar-refractivity contribution is 5.86. The summed E-state index contributed by atoms with van der Waals surface area (Å²) in [6.07, 6.45) is 0.276. The van der Waals surface area contributed by atoms with Gasteiger partial charge in [0, 0.05) is 13.1 Å². The normalized spacial score (nSPS) is 31.5. The number of amides is 2. The van der Waals surface area contributed by atoms with Crippen LogP contribution in [-0.2, 0) is 9.53 Å². The maximum atomic E-state index is 11.7. The molecule has 0 aromatic carbocycles. The highest BCUT2D eigenvalue weighted by Crippen LogP contribution is 2.27. The maximum Gasteiger partial charge on any atom is 0.407 e. The Labute approximate surface area is 87.2 Å². The fraction of sp³-hybridized carbons (Fsp3) is 0.778. The van der Waals surface area contributed by atoms with Gasteiger partial charge in [0.1, 0.15) is 0 Å². The molecule has 1 atom stereocenters. The Balaban J connectivity index is 2.13. The van der Waals surface area contributed by atoms with Gasteiger partial charge in [-0.2, -0.15) is 0 Å². The molecule has 2 aliphatic heterocycles. The average Bonchev–Trinajstić information content (AvgIpc) is 2.23. The summed E-state index contributed by atoms with van der Waals surface area (Å²) in [7, 11) is 0. The molecule has 2 N–H and O–H groups in total. The number of carbonyl (C=O) groups is 2. The lowest BCUT2D eigenvalue weighted by Crippen LogP contribution is -2.62. The Hall–Kier alpha value is -1.30. The van der Waals surface area contributed by atoms with Crippen molar-refractivity contribution < 1.29 is 19.4 Å². The number of ether oxygens (including phenoxy) is 1. The van der Waals surface area contributed by atoms with Gasteiger partial charge in [0.25, 0.3) is 5.91 Å². The molecule has 0 saturated carbocycles. The lowest BCUT2D eigenvalue weighted by Gasteiger charge is -2.42. The van der Waals surface area contributed by atoms with Crippen LogP contribution in [0, 0.1) is 0 Å². The van der Waals surface area contributed by atoms with Gasteiger partial charge in [-0.1, -0.05) is 0 Å². The predicted octanol–water partition coefficient (Wildman–Crippen LogP) is -0.355. The monoisotopic (exact) mass is 214 g/mol. The van der Waals surface area contributed by atoms with E-state index < -0.39 is 11.7 Å². The number of rotatable bonds is 0. The standard InChI is InChI=1S/C9H14N2O4/c12-7-9(15-5-3-10-7)2-1-4-11(6-9)8(13)14/h1-6H2,(H,10,12)(H,13,14). The summed E-state index contributed by atoms with van der Waals surface area (Å²) in [5.74, 6) is -0.181. The first-order chi connectivity index (χ1) is 7.14. The van der Waals surface area contributed by atoms with Gasteiger partial charge in [-0.25, -0.2) is 4.79 Å². The first-order valence-electron chi connectivity index (χ1n) is 5.04. The average molecular weight is 214 g/mol. The van der Waals surface area contributed by atoms with Gasteiger partial charge < -0.3 is 20.1 Å². The molecule has 6 heteroatoms. The first kappa shape index (κ1) is 10.2. The van der Waals surface area contributed by atoms with Crippen LogP contribution in [0.15, 0.2) is 0 Å². The molecule has 15 heavy (non-hydrogen) atoms. The molecule has 0 aromatic heterocycles. The molecule has 1 unspecified atom stereocenters. The highest BCUT2D eigenvalue weighted by atomic mass is 16.5. The molecule has 0 aromatic rings. The van der Waals surface area contributed by atoms with Gasteiger partial charge in [0.15, 0.2) is 5.60 Å². The molecule has 1 spiro atoms. The Morgan fingerprint density at radius 3 is 3.07 bits per heavy atom. The summed E-state index contributed by atoms with van der Waals surface area (Å²) >= 11 is 0. The second-order valence-corrected chi connectivity index (χ2v) is 3.91. The summed E-state index contributed by atoms with van der Waals surface area (Å²) < 4.78 is 5.48. The molecule has 2 rings (SSSR count). The van der Waals surface area contributed by atoms with Crippen LogP contribution < -0.4 is 5.32 Å². The zero-order valence-electron chi connectivity index (χ0n) is 8.36. The van der Waals surface area contributed by atoms with Crippen LogP contribution in [0.25, 0.3) is 0 Å². The number of hydrogen-bond donors (Lipinski definition) is 2. The molecule has 0 bridgehead atoms. The van der Waals surface area contributed by atoms with Gasteiger partial charge in [0.2, 0.25) is 0 Å². The Morgan fingerprint density at radius 2 is 2.40 bits per heavy atom. The number of nitrogens with zero attached hydrogens (tertiary/aromatic N) is 1. The second-order valence-electron chi connectivity index (χ2n) is 3.91. The van der Waals surface area contributed by atoms with Crippen LogP contribution in [0.3, 0.4) is 0 Å². The van der Waals surface area contributed by atoms with E-state index in [1.807, 2.05) is 0 Å². The third kappa shape index (κ3) is 1.77. The molecular weight excluding hydrogens is 200 g/mol. The number of hydrogen-bond acceptors (Lipinski definition) is 3. The SMILES string of the molecule is O=C(O)N1CCCC2(C1)OCCNC2=O. The molecule has 0 radical (unpaired) electrons. The molecular formula is C9H14N2O4. The smallest absolute Gasteiger partial charge is 0.407 e. The van der Waals surface area contributed by atoms with E-state index in [-0.39, 0.29) is 12.5 Å². The van der Waals surface area contributed by atoms with Gasteiger partial charge in [0.05, 0.1) is 13.2 Å². The maximum absolute atomic E-state index is 11.7. The number of piperidine rings is 1. The first-order valence-corrected chi connectivity index (χ1v) is 5.04. The van der Waals surface area contributed by atoms with E-state index in [1.54, 1.807) is 0 Å². The van der Waals surface area contributed by atoms with Crippen molar-refractivity contribution in [2.24, 2.45) is 0 Å². The van der Waals surface area contributed by atoms with E-state index in [9.17, 15) is 9.59 Å². The zero-order chi connectivity index (χ0) is 10.9. The number of likely N-dealkylation sites (tertiary alicyclic amines) is 1. The van der Waals surface area contributed by atoms with Gasteiger partial charge >= 0.3 is 6.09 Å². The van der Waals surface area contributed by atoms with Crippen LogP contribution in [0.5, 0.6) is 0 Å². The van der Waals surface area contributed by atoms with Crippen LogP contribution in [0.2, 0.25) is 0 Å². The molecule has 2 aliphatic rings. The van der Waals surface area contributed by atoms with E-state index in [1.165, 1.54) is 4.90 Å². The predicted molar refractivity (Wildman–Crippen MR) is 50.5 cm³/mol. The largest absolute Gasteiger partial charge is 0.465 e. The zero-order valence-corrected chi connectivity index (χ0v) is 8.36. The molecule has 0 aliphatic carbocycles. The van der Waals surface area contributed by atoms with Crippen molar-refractivity contribution in [3.8, 4) is 0 Å². The van der Waals surface area contributed by atoms with Crippen LogP contribution >= 0.6 is 0 Å². The number of carboxylic acid groups (broad SMARTS) is 1. The van der Waals surface area contributed by atoms with Crippen LogP contribution in [0.4, 0.5) is 4.79 Å². The van der Waals surface area contributed by atoms with Crippen molar-refractivity contribution in [3.63, 3.8) is 0 Å². The van der Waals surface area contributed by atoms with Gasteiger partial charge in [-0.05, 0) is 12.8 Å². The lowest BCUT2D eigenvalue weighted by atomic mass is 9.91. The van der Waals surface area contributed by atoms with Crippen molar-refractivity contribution in [2.45, 2.75) is 18.4 Å². The van der Waals surface area contributed by atoms with Gasteiger partial charge in [-0.3, -0.25) is 4.79 Å².